The molecule has 4 aliphatic rings. The first kappa shape index (κ1) is 25.1. The molecule has 3 heterocycles. The van der Waals surface area contributed by atoms with E-state index in [0.29, 0.717) is 19.1 Å². The van der Waals surface area contributed by atoms with Crippen molar-refractivity contribution in [1.29, 1.82) is 0 Å². The second kappa shape index (κ2) is 10.9. The van der Waals surface area contributed by atoms with E-state index in [9.17, 15) is 4.79 Å². The molecular formula is C31H39N5O2. The van der Waals surface area contributed by atoms with Crippen molar-refractivity contribution in [2.24, 2.45) is 16.0 Å². The van der Waals surface area contributed by atoms with Gasteiger partial charge in [-0.1, -0.05) is 43.5 Å². The fraction of sp³-hybridized carbons (Fsp3) is 0.516. The van der Waals surface area contributed by atoms with Gasteiger partial charge in [0.05, 0.1) is 29.7 Å². The molecule has 0 atom stereocenters. The number of hydrazone groups is 1. The molecule has 2 fully saturated rings. The van der Waals surface area contributed by atoms with Crippen LogP contribution in [-0.4, -0.2) is 66.9 Å². The van der Waals surface area contributed by atoms with Crippen LogP contribution in [0, 0.1) is 12.8 Å². The van der Waals surface area contributed by atoms with Crippen LogP contribution in [0.15, 0.2) is 52.6 Å². The standard InChI is InChI=1S/C31H39N5O2/c1-22-8-13-27-28(20-22)35(25-11-9-23(10-12-25)21-29-32-16-17-34(29)2)31(37)36(26-14-18-38-19-15-26)33-30(27)24-6-4-3-5-7-24/h8-13,20,24,26H,3-7,14-19,21H2,1-2H3. The lowest BCUT2D eigenvalue weighted by atomic mass is 9.82. The van der Waals surface area contributed by atoms with Crippen molar-refractivity contribution in [1.82, 2.24) is 9.91 Å². The number of nitrogens with zero attached hydrogens (tertiary/aromatic N) is 5. The zero-order valence-corrected chi connectivity index (χ0v) is 22.7. The molecule has 0 radical (unpaired) electrons. The van der Waals surface area contributed by atoms with Crippen LogP contribution in [0.3, 0.4) is 0 Å². The molecule has 1 saturated heterocycles. The van der Waals surface area contributed by atoms with Gasteiger partial charge in [0.25, 0.3) is 0 Å². The van der Waals surface area contributed by atoms with E-state index in [4.69, 9.17) is 9.84 Å². The number of ether oxygens (including phenoxy) is 1. The lowest BCUT2D eigenvalue weighted by Gasteiger charge is -2.33. The second-order valence-corrected chi connectivity index (χ2v) is 11.2. The third-order valence-electron chi connectivity index (χ3n) is 8.53. The van der Waals surface area contributed by atoms with E-state index in [1.165, 1.54) is 24.8 Å². The minimum Gasteiger partial charge on any atom is -0.381 e. The minimum absolute atomic E-state index is 0.0444. The highest BCUT2D eigenvalue weighted by molar-refractivity contribution is 6.14. The summed E-state index contributed by atoms with van der Waals surface area (Å²) in [7, 11) is 2.10. The van der Waals surface area contributed by atoms with Crippen molar-refractivity contribution in [2.45, 2.75) is 64.3 Å². The molecule has 0 aromatic heterocycles. The number of likely N-dealkylation sites (N-methyl/N-ethyl adjacent to an activating group) is 1. The number of fused-ring (bicyclic) bond motifs is 1. The van der Waals surface area contributed by atoms with Crippen molar-refractivity contribution in [3.05, 3.63) is 59.2 Å². The van der Waals surface area contributed by atoms with Crippen LogP contribution in [-0.2, 0) is 11.2 Å². The molecular weight excluding hydrogens is 474 g/mol. The van der Waals surface area contributed by atoms with Gasteiger partial charge in [0.1, 0.15) is 5.84 Å². The lowest BCUT2D eigenvalue weighted by molar-refractivity contribution is 0.0480. The minimum atomic E-state index is -0.0674. The Balaban J connectivity index is 1.41. The van der Waals surface area contributed by atoms with Crippen molar-refractivity contribution < 1.29 is 9.53 Å². The first-order valence-electron chi connectivity index (χ1n) is 14.3. The number of carbonyl (C=O) groups is 1. The number of hydrogen-bond donors (Lipinski definition) is 0. The Labute approximate surface area is 226 Å². The van der Waals surface area contributed by atoms with E-state index >= 15 is 0 Å². The van der Waals surface area contributed by atoms with Crippen LogP contribution in [0.2, 0.25) is 0 Å². The van der Waals surface area contributed by atoms with Gasteiger partial charge in [0.2, 0.25) is 0 Å². The quantitative estimate of drug-likeness (QED) is 0.499. The summed E-state index contributed by atoms with van der Waals surface area (Å²) < 4.78 is 5.65. The fourth-order valence-electron chi connectivity index (χ4n) is 6.27. The molecule has 0 unspecified atom stereocenters. The molecule has 2 aromatic rings. The first-order chi connectivity index (χ1) is 18.6. The Kier molecular flexibility index (Phi) is 7.20. The summed E-state index contributed by atoms with van der Waals surface area (Å²) in [6.07, 6.45) is 8.43. The molecule has 0 N–H and O–H groups in total. The predicted octanol–water partition coefficient (Wildman–Crippen LogP) is 5.92. The zero-order chi connectivity index (χ0) is 26.1. The molecule has 2 amide bonds. The summed E-state index contributed by atoms with van der Waals surface area (Å²) in [5.41, 5.74) is 6.35. The molecule has 7 heteroatoms. The maximum Gasteiger partial charge on any atom is 0.349 e. The highest BCUT2D eigenvalue weighted by Gasteiger charge is 2.37. The Bertz CT molecular complexity index is 1230. The summed E-state index contributed by atoms with van der Waals surface area (Å²) in [5.74, 6) is 1.51. The van der Waals surface area contributed by atoms with Crippen LogP contribution < -0.4 is 4.90 Å². The van der Waals surface area contributed by atoms with E-state index in [2.05, 4.69) is 66.3 Å². The van der Waals surface area contributed by atoms with E-state index in [1.54, 1.807) is 5.01 Å². The Morgan fingerprint density at radius 2 is 1.74 bits per heavy atom. The third-order valence-corrected chi connectivity index (χ3v) is 8.53. The van der Waals surface area contributed by atoms with E-state index in [0.717, 1.165) is 79.2 Å². The predicted molar refractivity (Wildman–Crippen MR) is 153 cm³/mol. The van der Waals surface area contributed by atoms with Gasteiger partial charge in [-0.15, -0.1) is 0 Å². The Morgan fingerprint density at radius 3 is 2.45 bits per heavy atom. The average molecular weight is 514 g/mol. The highest BCUT2D eigenvalue weighted by atomic mass is 16.5. The van der Waals surface area contributed by atoms with Gasteiger partial charge >= 0.3 is 6.03 Å². The number of carbonyl (C=O) groups excluding carboxylic acids is 1. The second-order valence-electron chi connectivity index (χ2n) is 11.2. The molecule has 6 rings (SSSR count). The molecule has 1 aliphatic carbocycles. The Morgan fingerprint density at radius 1 is 0.974 bits per heavy atom. The lowest BCUT2D eigenvalue weighted by Crippen LogP contribution is -2.45. The maximum atomic E-state index is 14.4. The zero-order valence-electron chi connectivity index (χ0n) is 22.7. The number of hydrogen-bond acceptors (Lipinski definition) is 5. The molecule has 3 aliphatic heterocycles. The van der Waals surface area contributed by atoms with Crippen molar-refractivity contribution >= 4 is 29.0 Å². The summed E-state index contributed by atoms with van der Waals surface area (Å²) in [6.45, 7) is 5.29. The van der Waals surface area contributed by atoms with Crippen LogP contribution in [0.1, 0.15) is 61.6 Å². The van der Waals surface area contributed by atoms with Gasteiger partial charge in [-0.25, -0.2) is 9.80 Å². The van der Waals surface area contributed by atoms with Crippen LogP contribution in [0.25, 0.3) is 0 Å². The van der Waals surface area contributed by atoms with Crippen LogP contribution >= 0.6 is 0 Å². The van der Waals surface area contributed by atoms with Crippen molar-refractivity contribution in [3.63, 3.8) is 0 Å². The summed E-state index contributed by atoms with van der Waals surface area (Å²) in [4.78, 5) is 23.2. The summed E-state index contributed by atoms with van der Waals surface area (Å²) in [5, 5.41) is 7.03. The molecule has 0 spiro atoms. The molecule has 2 aromatic carbocycles. The van der Waals surface area contributed by atoms with Gasteiger partial charge in [-0.05, 0) is 61.9 Å². The van der Waals surface area contributed by atoms with Crippen molar-refractivity contribution in [3.8, 4) is 0 Å². The smallest absolute Gasteiger partial charge is 0.349 e. The van der Waals surface area contributed by atoms with Gasteiger partial charge in [0.15, 0.2) is 0 Å². The molecule has 200 valence electrons. The van der Waals surface area contributed by atoms with Crippen LogP contribution in [0.5, 0.6) is 0 Å². The molecule has 0 bridgehead atoms. The summed E-state index contributed by atoms with van der Waals surface area (Å²) >= 11 is 0. The van der Waals surface area contributed by atoms with Gasteiger partial charge in [-0.2, -0.15) is 5.10 Å². The number of aryl methyl sites for hydroxylation is 1. The number of amides is 2. The van der Waals surface area contributed by atoms with Gasteiger partial charge in [-0.3, -0.25) is 9.89 Å². The maximum absolute atomic E-state index is 14.4. The van der Waals surface area contributed by atoms with E-state index in [-0.39, 0.29) is 12.1 Å². The molecule has 7 nitrogen and oxygen atoms in total. The van der Waals surface area contributed by atoms with Crippen molar-refractivity contribution in [2.75, 3.05) is 38.3 Å². The number of anilines is 2. The van der Waals surface area contributed by atoms with E-state index < -0.39 is 0 Å². The fourth-order valence-corrected chi connectivity index (χ4v) is 6.27. The topological polar surface area (TPSA) is 60.7 Å². The third kappa shape index (κ3) is 4.96. The average Bonchev–Trinajstić information content (AvgIpc) is 3.30. The number of amidine groups is 1. The van der Waals surface area contributed by atoms with E-state index in [1.807, 2.05) is 4.90 Å². The number of aliphatic imine (C=N–C) groups is 1. The van der Waals surface area contributed by atoms with Gasteiger partial charge in [0, 0.05) is 44.7 Å². The number of benzene rings is 2. The summed E-state index contributed by atoms with van der Waals surface area (Å²) in [6, 6.07) is 14.9. The monoisotopic (exact) mass is 513 g/mol. The van der Waals surface area contributed by atoms with Gasteiger partial charge < -0.3 is 9.64 Å². The largest absolute Gasteiger partial charge is 0.381 e. The Hall–Kier alpha value is -3.19. The highest BCUT2D eigenvalue weighted by Crippen LogP contribution is 2.39. The number of rotatable bonds is 5. The number of urea groups is 1. The normalized spacial score (nSPS) is 21.3. The molecule has 38 heavy (non-hydrogen) atoms. The SMILES string of the molecule is Cc1ccc2c(c1)N(c1ccc(CC3=NCCN3C)cc1)C(=O)N(C1CCOCC1)N=C2C1CCCCC1. The van der Waals surface area contributed by atoms with Crippen LogP contribution in [0.4, 0.5) is 16.2 Å². The molecule has 1 saturated carbocycles. The first-order valence-corrected chi connectivity index (χ1v) is 14.3.